The maximum Gasteiger partial charge on any atom is 0.319 e. The van der Waals surface area contributed by atoms with Crippen molar-refractivity contribution in [3.63, 3.8) is 0 Å². The number of amides is 2. The van der Waals surface area contributed by atoms with Gasteiger partial charge in [0.15, 0.2) is 0 Å². The van der Waals surface area contributed by atoms with Crippen molar-refractivity contribution in [2.75, 3.05) is 57.7 Å². The predicted molar refractivity (Wildman–Crippen MR) is 92.6 cm³/mol. The molecule has 1 saturated heterocycles. The van der Waals surface area contributed by atoms with Crippen LogP contribution in [0.1, 0.15) is 12.8 Å². The molecule has 1 heterocycles. The van der Waals surface area contributed by atoms with Gasteiger partial charge in [-0.1, -0.05) is 6.07 Å². The molecule has 2 rings (SSSR count). The molecule has 0 aromatic heterocycles. The standard InChI is InChI=1S/C17H27FN4O2/c18-15-4-3-5-16(14-15)20-17(24)19-6-1-2-7-21-8-10-22(11-9-21)12-13-23/h3-5,14,23H,1-2,6-13H2,(H2,19,20,24). The monoisotopic (exact) mass is 338 g/mol. The minimum absolute atomic E-state index is 0.226. The molecule has 0 radical (unpaired) electrons. The van der Waals surface area contributed by atoms with Crippen LogP contribution in [0.15, 0.2) is 24.3 Å². The van der Waals surface area contributed by atoms with Crippen LogP contribution in [0.5, 0.6) is 0 Å². The van der Waals surface area contributed by atoms with Crippen LogP contribution in [0.3, 0.4) is 0 Å². The number of aliphatic hydroxyl groups is 1. The first-order chi connectivity index (χ1) is 11.7. The van der Waals surface area contributed by atoms with E-state index >= 15 is 0 Å². The zero-order valence-corrected chi connectivity index (χ0v) is 14.0. The molecule has 134 valence electrons. The SMILES string of the molecule is O=C(NCCCCN1CCN(CCO)CC1)Nc1cccc(F)c1. The van der Waals surface area contributed by atoms with Crippen molar-refractivity contribution in [2.24, 2.45) is 0 Å². The van der Waals surface area contributed by atoms with Crippen LogP contribution in [0.25, 0.3) is 0 Å². The summed E-state index contributed by atoms with van der Waals surface area (Å²) in [4.78, 5) is 16.4. The number of β-amino-alcohol motifs (C(OH)–C–C–N with tert-alkyl or cyclic N) is 1. The zero-order chi connectivity index (χ0) is 17.2. The Kier molecular flexibility index (Phi) is 7.94. The number of nitrogens with one attached hydrogen (secondary N) is 2. The Bertz CT molecular complexity index is 507. The van der Waals surface area contributed by atoms with E-state index in [4.69, 9.17) is 5.11 Å². The number of hydrogen-bond acceptors (Lipinski definition) is 4. The van der Waals surface area contributed by atoms with Crippen LogP contribution in [0, 0.1) is 5.82 Å². The number of carbonyl (C=O) groups is 1. The second kappa shape index (κ2) is 10.2. The maximum absolute atomic E-state index is 13.0. The first-order valence-electron chi connectivity index (χ1n) is 8.53. The third kappa shape index (κ3) is 6.82. The van der Waals surface area contributed by atoms with Crippen molar-refractivity contribution in [1.29, 1.82) is 0 Å². The highest BCUT2D eigenvalue weighted by molar-refractivity contribution is 5.89. The number of anilines is 1. The van der Waals surface area contributed by atoms with E-state index in [9.17, 15) is 9.18 Å². The van der Waals surface area contributed by atoms with Crippen LogP contribution in [0.2, 0.25) is 0 Å². The highest BCUT2D eigenvalue weighted by Crippen LogP contribution is 2.08. The Balaban J connectivity index is 1.51. The van der Waals surface area contributed by atoms with Gasteiger partial charge in [-0.25, -0.2) is 9.18 Å². The molecule has 0 bridgehead atoms. The number of aliphatic hydroxyl groups excluding tert-OH is 1. The lowest BCUT2D eigenvalue weighted by molar-refractivity contribution is 0.111. The van der Waals surface area contributed by atoms with E-state index in [1.165, 1.54) is 12.1 Å². The van der Waals surface area contributed by atoms with E-state index in [0.29, 0.717) is 12.2 Å². The van der Waals surface area contributed by atoms with E-state index in [-0.39, 0.29) is 18.5 Å². The predicted octanol–water partition coefficient (Wildman–Crippen LogP) is 1.34. The van der Waals surface area contributed by atoms with Gasteiger partial charge in [-0.15, -0.1) is 0 Å². The van der Waals surface area contributed by atoms with Crippen LogP contribution in [0.4, 0.5) is 14.9 Å². The summed E-state index contributed by atoms with van der Waals surface area (Å²) < 4.78 is 13.0. The van der Waals surface area contributed by atoms with Crippen molar-refractivity contribution in [1.82, 2.24) is 15.1 Å². The number of unbranched alkanes of at least 4 members (excludes halogenated alkanes) is 1. The number of urea groups is 1. The van der Waals surface area contributed by atoms with Gasteiger partial charge < -0.3 is 20.6 Å². The Morgan fingerprint density at radius 3 is 2.50 bits per heavy atom. The second-order valence-corrected chi connectivity index (χ2v) is 6.01. The summed E-state index contributed by atoms with van der Waals surface area (Å²) in [6.07, 6.45) is 1.94. The molecule has 0 atom stereocenters. The first-order valence-corrected chi connectivity index (χ1v) is 8.53. The van der Waals surface area contributed by atoms with Gasteiger partial charge in [0, 0.05) is 45.0 Å². The molecule has 0 unspecified atom stereocenters. The van der Waals surface area contributed by atoms with Crippen LogP contribution in [-0.4, -0.2) is 73.4 Å². The fraction of sp³-hybridized carbons (Fsp3) is 0.588. The molecule has 24 heavy (non-hydrogen) atoms. The van der Waals surface area contributed by atoms with Gasteiger partial charge in [0.1, 0.15) is 5.82 Å². The molecule has 6 nitrogen and oxygen atoms in total. The topological polar surface area (TPSA) is 67.8 Å². The molecule has 1 aliphatic heterocycles. The largest absolute Gasteiger partial charge is 0.395 e. The van der Waals surface area contributed by atoms with Crippen molar-refractivity contribution >= 4 is 11.7 Å². The highest BCUT2D eigenvalue weighted by atomic mass is 19.1. The fourth-order valence-electron chi connectivity index (χ4n) is 2.78. The highest BCUT2D eigenvalue weighted by Gasteiger charge is 2.15. The maximum atomic E-state index is 13.0. The molecule has 0 spiro atoms. The number of rotatable bonds is 8. The Morgan fingerprint density at radius 1 is 1.12 bits per heavy atom. The third-order valence-corrected chi connectivity index (χ3v) is 4.15. The molecule has 1 fully saturated rings. The van der Waals surface area contributed by atoms with Crippen LogP contribution in [-0.2, 0) is 0 Å². The quantitative estimate of drug-likeness (QED) is 0.626. The summed E-state index contributed by atoms with van der Waals surface area (Å²) in [6.45, 7) is 6.71. The van der Waals surface area contributed by atoms with Gasteiger partial charge in [0.2, 0.25) is 0 Å². The molecule has 7 heteroatoms. The Hall–Kier alpha value is -1.70. The van der Waals surface area contributed by atoms with Gasteiger partial charge >= 0.3 is 6.03 Å². The summed E-state index contributed by atoms with van der Waals surface area (Å²) >= 11 is 0. The Labute approximate surface area is 142 Å². The average Bonchev–Trinajstić information content (AvgIpc) is 2.56. The summed E-state index contributed by atoms with van der Waals surface area (Å²) in [6, 6.07) is 5.53. The molecule has 2 amide bonds. The smallest absolute Gasteiger partial charge is 0.319 e. The molecule has 0 aliphatic carbocycles. The van der Waals surface area contributed by atoms with Gasteiger partial charge in [0.25, 0.3) is 0 Å². The van der Waals surface area contributed by atoms with Crippen LogP contribution < -0.4 is 10.6 Å². The van der Waals surface area contributed by atoms with E-state index in [1.807, 2.05) is 0 Å². The lowest BCUT2D eigenvalue weighted by atomic mass is 10.2. The summed E-state index contributed by atoms with van der Waals surface area (Å²) in [5.41, 5.74) is 0.452. The van der Waals surface area contributed by atoms with E-state index in [0.717, 1.165) is 52.1 Å². The molecule has 3 N–H and O–H groups in total. The van der Waals surface area contributed by atoms with Gasteiger partial charge in [-0.05, 0) is 37.6 Å². The van der Waals surface area contributed by atoms with Crippen molar-refractivity contribution < 1.29 is 14.3 Å². The average molecular weight is 338 g/mol. The minimum Gasteiger partial charge on any atom is -0.395 e. The molecular weight excluding hydrogens is 311 g/mol. The van der Waals surface area contributed by atoms with Crippen molar-refractivity contribution in [2.45, 2.75) is 12.8 Å². The number of piperazine rings is 1. The number of carbonyl (C=O) groups excluding carboxylic acids is 1. The molecule has 0 saturated carbocycles. The lowest BCUT2D eigenvalue weighted by Gasteiger charge is -2.34. The first kappa shape index (κ1) is 18.6. The number of hydrogen-bond donors (Lipinski definition) is 3. The lowest BCUT2D eigenvalue weighted by Crippen LogP contribution is -2.47. The van der Waals surface area contributed by atoms with Gasteiger partial charge in [-0.2, -0.15) is 0 Å². The van der Waals surface area contributed by atoms with E-state index < -0.39 is 0 Å². The molecule has 1 aromatic carbocycles. The number of nitrogens with zero attached hydrogens (tertiary/aromatic N) is 2. The second-order valence-electron chi connectivity index (χ2n) is 6.01. The van der Waals surface area contributed by atoms with E-state index in [1.54, 1.807) is 12.1 Å². The Morgan fingerprint density at radius 2 is 1.83 bits per heavy atom. The number of benzene rings is 1. The normalized spacial score (nSPS) is 16.1. The van der Waals surface area contributed by atoms with Gasteiger partial charge in [0.05, 0.1) is 6.61 Å². The van der Waals surface area contributed by atoms with Crippen LogP contribution >= 0.6 is 0 Å². The third-order valence-electron chi connectivity index (χ3n) is 4.15. The molecular formula is C17H27FN4O2. The minimum atomic E-state index is -0.369. The molecule has 1 aromatic rings. The van der Waals surface area contributed by atoms with Crippen molar-refractivity contribution in [3.8, 4) is 0 Å². The van der Waals surface area contributed by atoms with Gasteiger partial charge in [-0.3, -0.25) is 4.90 Å². The summed E-state index contributed by atoms with van der Waals surface area (Å²) in [5.74, 6) is -0.369. The zero-order valence-electron chi connectivity index (χ0n) is 14.0. The summed E-state index contributed by atoms with van der Waals surface area (Å²) in [7, 11) is 0. The summed E-state index contributed by atoms with van der Waals surface area (Å²) in [5, 5.41) is 14.3. The van der Waals surface area contributed by atoms with Crippen molar-refractivity contribution in [3.05, 3.63) is 30.1 Å². The fourth-order valence-corrected chi connectivity index (χ4v) is 2.78. The number of halogens is 1. The molecule has 1 aliphatic rings. The van der Waals surface area contributed by atoms with E-state index in [2.05, 4.69) is 20.4 Å².